The highest BCUT2D eigenvalue weighted by Crippen LogP contribution is 2.27. The van der Waals surface area contributed by atoms with Crippen molar-refractivity contribution in [2.45, 2.75) is 13.8 Å². The summed E-state index contributed by atoms with van der Waals surface area (Å²) in [5.74, 6) is 0.733. The van der Waals surface area contributed by atoms with E-state index >= 15 is 0 Å². The lowest BCUT2D eigenvalue weighted by Crippen LogP contribution is -1.94. The number of hydrogen-bond donors (Lipinski definition) is 0. The van der Waals surface area contributed by atoms with Gasteiger partial charge in [-0.15, -0.1) is 0 Å². The molecule has 0 amide bonds. The number of halogens is 2. The van der Waals surface area contributed by atoms with Crippen molar-refractivity contribution in [2.24, 2.45) is 0 Å². The summed E-state index contributed by atoms with van der Waals surface area (Å²) >= 11 is 11.9. The molecule has 0 aliphatic carbocycles. The summed E-state index contributed by atoms with van der Waals surface area (Å²) in [6.45, 7) is 3.82. The Balaban J connectivity index is 2.62. The van der Waals surface area contributed by atoms with Gasteiger partial charge in [-0.05, 0) is 37.6 Å². The van der Waals surface area contributed by atoms with Crippen LogP contribution in [0.25, 0.3) is 11.3 Å². The van der Waals surface area contributed by atoms with Gasteiger partial charge in [0.05, 0.1) is 5.69 Å². The molecule has 82 valence electrons. The molecule has 0 saturated carbocycles. The van der Waals surface area contributed by atoms with Crippen LogP contribution < -0.4 is 0 Å². The molecule has 0 radical (unpaired) electrons. The van der Waals surface area contributed by atoms with E-state index in [0.29, 0.717) is 10.0 Å². The maximum atomic E-state index is 5.96. The van der Waals surface area contributed by atoms with Gasteiger partial charge in [-0.1, -0.05) is 23.2 Å². The van der Waals surface area contributed by atoms with E-state index in [4.69, 9.17) is 23.2 Å². The highest BCUT2D eigenvalue weighted by molar-refractivity contribution is 6.35. The predicted molar refractivity (Wildman–Crippen MR) is 67.0 cm³/mol. The fourth-order valence-electron chi connectivity index (χ4n) is 1.51. The monoisotopic (exact) mass is 252 g/mol. The van der Waals surface area contributed by atoms with Crippen molar-refractivity contribution in [3.8, 4) is 11.3 Å². The Bertz CT molecular complexity index is 518. The molecule has 0 aliphatic heterocycles. The van der Waals surface area contributed by atoms with Crippen LogP contribution in [-0.2, 0) is 0 Å². The molecule has 1 aromatic carbocycles. The van der Waals surface area contributed by atoms with E-state index < -0.39 is 0 Å². The van der Waals surface area contributed by atoms with Crippen LogP contribution in [0.15, 0.2) is 24.4 Å². The van der Waals surface area contributed by atoms with E-state index in [-0.39, 0.29) is 0 Å². The molecular formula is C12H10Cl2N2. The normalized spacial score (nSPS) is 10.5. The molecule has 1 aromatic heterocycles. The van der Waals surface area contributed by atoms with Crippen molar-refractivity contribution in [3.05, 3.63) is 45.8 Å². The van der Waals surface area contributed by atoms with Gasteiger partial charge in [0.2, 0.25) is 0 Å². The molecule has 0 unspecified atom stereocenters. The first-order chi connectivity index (χ1) is 7.56. The second-order valence-corrected chi connectivity index (χ2v) is 4.48. The van der Waals surface area contributed by atoms with E-state index in [1.165, 1.54) is 0 Å². The van der Waals surface area contributed by atoms with E-state index in [2.05, 4.69) is 9.97 Å². The molecule has 0 spiro atoms. The zero-order valence-corrected chi connectivity index (χ0v) is 10.5. The van der Waals surface area contributed by atoms with E-state index in [0.717, 1.165) is 22.6 Å². The SMILES string of the molecule is Cc1ncc(C)c(-c2cc(Cl)cc(Cl)c2)n1. The quantitative estimate of drug-likeness (QED) is 0.765. The van der Waals surface area contributed by atoms with Gasteiger partial charge in [0.25, 0.3) is 0 Å². The average molecular weight is 253 g/mol. The van der Waals surface area contributed by atoms with Crippen LogP contribution in [0.3, 0.4) is 0 Å². The highest BCUT2D eigenvalue weighted by atomic mass is 35.5. The third-order valence-corrected chi connectivity index (χ3v) is 2.66. The van der Waals surface area contributed by atoms with E-state index in [1.54, 1.807) is 12.3 Å². The minimum absolute atomic E-state index is 0.609. The molecule has 2 rings (SSSR count). The number of hydrogen-bond acceptors (Lipinski definition) is 2. The Morgan fingerprint density at radius 3 is 2.25 bits per heavy atom. The second kappa shape index (κ2) is 4.40. The van der Waals surface area contributed by atoms with Crippen LogP contribution >= 0.6 is 23.2 Å². The predicted octanol–water partition coefficient (Wildman–Crippen LogP) is 4.07. The first kappa shape index (κ1) is 11.4. The number of rotatable bonds is 1. The highest BCUT2D eigenvalue weighted by Gasteiger charge is 2.06. The Kier molecular flexibility index (Phi) is 3.13. The molecule has 4 heteroatoms. The lowest BCUT2D eigenvalue weighted by molar-refractivity contribution is 1.04. The number of benzene rings is 1. The molecule has 0 aliphatic rings. The first-order valence-electron chi connectivity index (χ1n) is 4.83. The standard InChI is InChI=1S/C12H10Cl2N2/c1-7-6-15-8(2)16-12(7)9-3-10(13)5-11(14)4-9/h3-6H,1-2H3. The molecule has 0 atom stereocenters. The number of aryl methyl sites for hydroxylation is 2. The minimum atomic E-state index is 0.609. The lowest BCUT2D eigenvalue weighted by Gasteiger charge is -2.06. The van der Waals surface area contributed by atoms with Gasteiger partial charge >= 0.3 is 0 Å². The molecule has 2 aromatic rings. The van der Waals surface area contributed by atoms with Crippen molar-refractivity contribution in [2.75, 3.05) is 0 Å². The van der Waals surface area contributed by atoms with Crippen LogP contribution in [0.1, 0.15) is 11.4 Å². The van der Waals surface area contributed by atoms with Gasteiger partial charge in [-0.25, -0.2) is 9.97 Å². The van der Waals surface area contributed by atoms with Crippen molar-refractivity contribution in [1.29, 1.82) is 0 Å². The maximum absolute atomic E-state index is 5.96. The van der Waals surface area contributed by atoms with Gasteiger partial charge in [0.15, 0.2) is 0 Å². The Morgan fingerprint density at radius 2 is 1.62 bits per heavy atom. The molecule has 1 heterocycles. The maximum Gasteiger partial charge on any atom is 0.125 e. The fourth-order valence-corrected chi connectivity index (χ4v) is 2.04. The Morgan fingerprint density at radius 1 is 1.00 bits per heavy atom. The van der Waals surface area contributed by atoms with Crippen molar-refractivity contribution >= 4 is 23.2 Å². The van der Waals surface area contributed by atoms with Crippen LogP contribution in [0, 0.1) is 13.8 Å². The minimum Gasteiger partial charge on any atom is -0.241 e. The average Bonchev–Trinajstić information content (AvgIpc) is 2.20. The fraction of sp³-hybridized carbons (Fsp3) is 0.167. The zero-order chi connectivity index (χ0) is 11.7. The van der Waals surface area contributed by atoms with Gasteiger partial charge in [-0.3, -0.25) is 0 Å². The van der Waals surface area contributed by atoms with Gasteiger partial charge in [0.1, 0.15) is 5.82 Å². The zero-order valence-electron chi connectivity index (χ0n) is 8.96. The summed E-state index contributed by atoms with van der Waals surface area (Å²) in [6, 6.07) is 5.40. The second-order valence-electron chi connectivity index (χ2n) is 3.61. The molecule has 0 saturated heterocycles. The summed E-state index contributed by atoms with van der Waals surface area (Å²) in [5, 5.41) is 1.22. The summed E-state index contributed by atoms with van der Waals surface area (Å²) in [5.41, 5.74) is 2.79. The summed E-state index contributed by atoms with van der Waals surface area (Å²) in [7, 11) is 0. The smallest absolute Gasteiger partial charge is 0.125 e. The van der Waals surface area contributed by atoms with Crippen LogP contribution in [0.2, 0.25) is 10.0 Å². The van der Waals surface area contributed by atoms with E-state index in [1.807, 2.05) is 26.0 Å². The first-order valence-corrected chi connectivity index (χ1v) is 5.58. The number of nitrogens with zero attached hydrogens (tertiary/aromatic N) is 2. The largest absolute Gasteiger partial charge is 0.241 e. The lowest BCUT2D eigenvalue weighted by atomic mass is 10.1. The third-order valence-electron chi connectivity index (χ3n) is 2.23. The topological polar surface area (TPSA) is 25.8 Å². The molecule has 0 bridgehead atoms. The summed E-state index contributed by atoms with van der Waals surface area (Å²) in [6.07, 6.45) is 1.80. The van der Waals surface area contributed by atoms with Crippen LogP contribution in [-0.4, -0.2) is 9.97 Å². The summed E-state index contributed by atoms with van der Waals surface area (Å²) < 4.78 is 0. The number of aromatic nitrogens is 2. The summed E-state index contributed by atoms with van der Waals surface area (Å²) in [4.78, 5) is 8.53. The Hall–Kier alpha value is -1.12. The van der Waals surface area contributed by atoms with Gasteiger partial charge in [-0.2, -0.15) is 0 Å². The van der Waals surface area contributed by atoms with Crippen molar-refractivity contribution in [3.63, 3.8) is 0 Å². The third kappa shape index (κ3) is 2.34. The molecular weight excluding hydrogens is 243 g/mol. The molecule has 0 N–H and O–H groups in total. The van der Waals surface area contributed by atoms with Crippen LogP contribution in [0.4, 0.5) is 0 Å². The van der Waals surface area contributed by atoms with Gasteiger partial charge < -0.3 is 0 Å². The van der Waals surface area contributed by atoms with Crippen LogP contribution in [0.5, 0.6) is 0 Å². The van der Waals surface area contributed by atoms with Crippen molar-refractivity contribution in [1.82, 2.24) is 9.97 Å². The molecule has 16 heavy (non-hydrogen) atoms. The Labute approximate surface area is 104 Å². The van der Waals surface area contributed by atoms with Crippen molar-refractivity contribution < 1.29 is 0 Å². The molecule has 0 fully saturated rings. The van der Waals surface area contributed by atoms with E-state index in [9.17, 15) is 0 Å². The molecule has 2 nitrogen and oxygen atoms in total. The van der Waals surface area contributed by atoms with Gasteiger partial charge in [0, 0.05) is 21.8 Å².